The van der Waals surface area contributed by atoms with Crippen LogP contribution in [0.15, 0.2) is 23.1 Å². The van der Waals surface area contributed by atoms with E-state index in [0.717, 1.165) is 25.0 Å². The molecule has 1 aliphatic rings. The lowest BCUT2D eigenvalue weighted by Crippen LogP contribution is -2.32. The fraction of sp³-hybridized carbons (Fsp3) is 0.400. The predicted molar refractivity (Wildman–Crippen MR) is 110 cm³/mol. The van der Waals surface area contributed by atoms with E-state index in [9.17, 15) is 26.8 Å². The number of sulfonamides is 1. The first-order valence-electron chi connectivity index (χ1n) is 9.83. The molecule has 1 fully saturated rings. The number of likely N-dealkylation sites (tertiary alicyclic amines) is 1. The molecular formula is C20H24F2N4O4S. The third-order valence-corrected chi connectivity index (χ3v) is 6.67. The summed E-state index contributed by atoms with van der Waals surface area (Å²) in [6.45, 7) is 4.14. The number of benzene rings is 1. The van der Waals surface area contributed by atoms with Crippen LogP contribution in [0, 0.1) is 25.5 Å². The smallest absolute Gasteiger partial charge is 0.257 e. The van der Waals surface area contributed by atoms with Crippen LogP contribution in [0.1, 0.15) is 41.0 Å². The van der Waals surface area contributed by atoms with Gasteiger partial charge in [-0.15, -0.1) is 0 Å². The van der Waals surface area contributed by atoms with Crippen molar-refractivity contribution < 1.29 is 26.8 Å². The second kappa shape index (κ2) is 9.15. The minimum absolute atomic E-state index is 0.0577. The number of anilines is 1. The lowest BCUT2D eigenvalue weighted by Gasteiger charge is -2.17. The molecule has 0 bridgehead atoms. The molecule has 11 heteroatoms. The summed E-state index contributed by atoms with van der Waals surface area (Å²) in [5.74, 6) is -3.06. The van der Waals surface area contributed by atoms with Crippen LogP contribution in [0.5, 0.6) is 0 Å². The number of aromatic nitrogens is 1. The lowest BCUT2D eigenvalue weighted by atomic mass is 10.2. The summed E-state index contributed by atoms with van der Waals surface area (Å²) in [5, 5.41) is 2.37. The van der Waals surface area contributed by atoms with Gasteiger partial charge in [-0.05, 0) is 38.8 Å². The summed E-state index contributed by atoms with van der Waals surface area (Å²) in [4.78, 5) is 29.3. The molecule has 0 saturated carbocycles. The van der Waals surface area contributed by atoms with Gasteiger partial charge in [0.2, 0.25) is 15.9 Å². The zero-order valence-electron chi connectivity index (χ0n) is 17.2. The van der Waals surface area contributed by atoms with Crippen LogP contribution in [0.2, 0.25) is 0 Å². The number of carbonyl (C=O) groups is 2. The number of hydrogen-bond donors (Lipinski definition) is 3. The van der Waals surface area contributed by atoms with Gasteiger partial charge in [-0.1, -0.05) is 0 Å². The molecule has 0 unspecified atom stereocenters. The normalized spacial score (nSPS) is 14.1. The molecule has 168 valence electrons. The number of aryl methyl sites for hydroxylation is 2. The standard InChI is InChI=1S/C20H24F2N4O4S/c1-12-18(20(28)26-9-3-4-10-26)19(13(2)24-12)31(29,30)23-8-7-17(27)25-14-5-6-15(21)16(22)11-14/h5-6,11,23-24H,3-4,7-10H2,1-2H3,(H,25,27). The molecule has 0 radical (unpaired) electrons. The summed E-state index contributed by atoms with van der Waals surface area (Å²) in [7, 11) is -4.07. The van der Waals surface area contributed by atoms with Gasteiger partial charge >= 0.3 is 0 Å². The highest BCUT2D eigenvalue weighted by Crippen LogP contribution is 2.26. The molecule has 31 heavy (non-hydrogen) atoms. The van der Waals surface area contributed by atoms with Gasteiger partial charge in [0.05, 0.1) is 5.56 Å². The summed E-state index contributed by atoms with van der Waals surface area (Å²) < 4.78 is 54.3. The molecule has 0 aliphatic carbocycles. The van der Waals surface area contributed by atoms with Gasteiger partial charge in [0.25, 0.3) is 5.91 Å². The minimum Gasteiger partial charge on any atom is -0.361 e. The molecule has 2 heterocycles. The Balaban J connectivity index is 1.67. The van der Waals surface area contributed by atoms with E-state index in [1.807, 2.05) is 0 Å². The number of halogens is 2. The molecule has 1 aromatic heterocycles. The number of amides is 2. The van der Waals surface area contributed by atoms with Gasteiger partial charge in [0.1, 0.15) is 4.90 Å². The van der Waals surface area contributed by atoms with Crippen LogP contribution >= 0.6 is 0 Å². The summed E-state index contributed by atoms with van der Waals surface area (Å²) in [6, 6.07) is 2.91. The maximum absolute atomic E-state index is 13.2. The minimum atomic E-state index is -4.07. The number of nitrogens with one attached hydrogen (secondary N) is 3. The van der Waals surface area contributed by atoms with E-state index in [2.05, 4.69) is 15.0 Å². The van der Waals surface area contributed by atoms with Gasteiger partial charge in [-0.2, -0.15) is 0 Å². The van der Waals surface area contributed by atoms with Gasteiger partial charge in [-0.3, -0.25) is 9.59 Å². The Labute approximate surface area is 179 Å². The average Bonchev–Trinajstić information content (AvgIpc) is 3.32. The molecule has 8 nitrogen and oxygen atoms in total. The molecule has 3 rings (SSSR count). The Hall–Kier alpha value is -2.79. The Morgan fingerprint density at radius 2 is 1.77 bits per heavy atom. The van der Waals surface area contributed by atoms with Crippen LogP contribution in [-0.2, 0) is 14.8 Å². The van der Waals surface area contributed by atoms with Crippen molar-refractivity contribution >= 4 is 27.5 Å². The van der Waals surface area contributed by atoms with Crippen LogP contribution in [-0.4, -0.2) is 49.8 Å². The summed E-state index contributed by atoms with van der Waals surface area (Å²) in [5.41, 5.74) is 0.963. The third-order valence-electron chi connectivity index (χ3n) is 5.04. The summed E-state index contributed by atoms with van der Waals surface area (Å²) >= 11 is 0. The second-order valence-corrected chi connectivity index (χ2v) is 9.11. The number of aromatic amines is 1. The largest absolute Gasteiger partial charge is 0.361 e. The van der Waals surface area contributed by atoms with E-state index < -0.39 is 27.6 Å². The van der Waals surface area contributed by atoms with Gasteiger partial charge in [0, 0.05) is 49.2 Å². The number of H-pyrrole nitrogens is 1. The number of hydrogen-bond acceptors (Lipinski definition) is 4. The quantitative estimate of drug-likeness (QED) is 0.597. The zero-order valence-corrected chi connectivity index (χ0v) is 18.0. The molecule has 1 aromatic carbocycles. The molecule has 1 aliphatic heterocycles. The first-order chi connectivity index (χ1) is 14.6. The van der Waals surface area contributed by atoms with Crippen molar-refractivity contribution in [1.82, 2.24) is 14.6 Å². The molecule has 1 saturated heterocycles. The van der Waals surface area contributed by atoms with Crippen molar-refractivity contribution in [3.63, 3.8) is 0 Å². The Morgan fingerprint density at radius 3 is 2.42 bits per heavy atom. The van der Waals surface area contributed by atoms with Gasteiger partial charge in [-0.25, -0.2) is 21.9 Å². The molecule has 3 N–H and O–H groups in total. The average molecular weight is 454 g/mol. The van der Waals surface area contributed by atoms with E-state index in [-0.39, 0.29) is 35.0 Å². The van der Waals surface area contributed by atoms with Crippen LogP contribution in [0.3, 0.4) is 0 Å². The van der Waals surface area contributed by atoms with Crippen molar-refractivity contribution in [2.75, 3.05) is 25.0 Å². The molecule has 0 atom stereocenters. The summed E-state index contributed by atoms with van der Waals surface area (Å²) in [6.07, 6.45) is 1.51. The molecule has 2 amide bonds. The first kappa shape index (κ1) is 22.9. The van der Waals surface area contributed by atoms with E-state index in [0.29, 0.717) is 24.5 Å². The van der Waals surface area contributed by atoms with E-state index in [4.69, 9.17) is 0 Å². The highest BCUT2D eigenvalue weighted by atomic mass is 32.2. The van der Waals surface area contributed by atoms with Crippen molar-refractivity contribution in [1.29, 1.82) is 0 Å². The number of nitrogens with zero attached hydrogens (tertiary/aromatic N) is 1. The van der Waals surface area contributed by atoms with Crippen LogP contribution in [0.25, 0.3) is 0 Å². The predicted octanol–water partition coefficient (Wildman–Crippen LogP) is 2.45. The fourth-order valence-electron chi connectivity index (χ4n) is 3.60. The maximum Gasteiger partial charge on any atom is 0.257 e. The maximum atomic E-state index is 13.2. The monoisotopic (exact) mass is 454 g/mol. The van der Waals surface area contributed by atoms with E-state index in [1.54, 1.807) is 18.7 Å². The zero-order chi connectivity index (χ0) is 22.8. The molecule has 0 spiro atoms. The van der Waals surface area contributed by atoms with Crippen LogP contribution in [0.4, 0.5) is 14.5 Å². The second-order valence-electron chi connectivity index (χ2n) is 7.40. The Kier molecular flexibility index (Phi) is 6.75. The third kappa shape index (κ3) is 5.10. The van der Waals surface area contributed by atoms with E-state index in [1.165, 1.54) is 6.07 Å². The number of carbonyl (C=O) groups excluding carboxylic acids is 2. The Morgan fingerprint density at radius 1 is 1.10 bits per heavy atom. The van der Waals surface area contributed by atoms with Crippen molar-refractivity contribution in [2.45, 2.75) is 38.0 Å². The van der Waals surface area contributed by atoms with Gasteiger partial charge < -0.3 is 15.2 Å². The fourth-order valence-corrected chi connectivity index (χ4v) is 5.08. The van der Waals surface area contributed by atoms with E-state index >= 15 is 0 Å². The topological polar surface area (TPSA) is 111 Å². The number of rotatable bonds is 7. The Bertz CT molecular complexity index is 1110. The van der Waals surface area contributed by atoms with Crippen molar-refractivity contribution in [3.05, 3.63) is 46.8 Å². The first-order valence-corrected chi connectivity index (χ1v) is 11.3. The van der Waals surface area contributed by atoms with Crippen LogP contribution < -0.4 is 10.0 Å². The van der Waals surface area contributed by atoms with Crippen molar-refractivity contribution in [3.8, 4) is 0 Å². The van der Waals surface area contributed by atoms with Crippen molar-refractivity contribution in [2.24, 2.45) is 0 Å². The highest BCUT2D eigenvalue weighted by Gasteiger charge is 2.32. The lowest BCUT2D eigenvalue weighted by molar-refractivity contribution is -0.116. The molecule has 2 aromatic rings. The van der Waals surface area contributed by atoms with Gasteiger partial charge in [0.15, 0.2) is 11.6 Å². The molecular weight excluding hydrogens is 430 g/mol. The SMILES string of the molecule is Cc1[nH]c(C)c(S(=O)(=O)NCCC(=O)Nc2ccc(F)c(F)c2)c1C(=O)N1CCCC1. The highest BCUT2D eigenvalue weighted by molar-refractivity contribution is 7.89.